The molecule has 0 saturated heterocycles. The van der Waals surface area contributed by atoms with Crippen LogP contribution in [0, 0.1) is 6.92 Å². The van der Waals surface area contributed by atoms with Crippen LogP contribution >= 0.6 is 11.3 Å². The van der Waals surface area contributed by atoms with Crippen LogP contribution in [0.25, 0.3) is 0 Å². The summed E-state index contributed by atoms with van der Waals surface area (Å²) in [6.45, 7) is 4.38. The second-order valence-corrected chi connectivity index (χ2v) is 6.39. The zero-order valence-corrected chi connectivity index (χ0v) is 13.2. The molecule has 0 aromatic carbocycles. The summed E-state index contributed by atoms with van der Waals surface area (Å²) in [5.74, 6) is -1.23. The molecule has 22 heavy (non-hydrogen) atoms. The Hall–Kier alpha value is -2.21. The van der Waals surface area contributed by atoms with Crippen molar-refractivity contribution < 1.29 is 14.7 Å². The quantitative estimate of drug-likeness (QED) is 0.925. The Bertz CT molecular complexity index is 754. The average Bonchev–Trinajstić information content (AvgIpc) is 2.96. The number of nitrogens with zero attached hydrogens (tertiary/aromatic N) is 2. The fourth-order valence-electron chi connectivity index (χ4n) is 2.81. The van der Waals surface area contributed by atoms with Gasteiger partial charge in [-0.15, -0.1) is 11.3 Å². The summed E-state index contributed by atoms with van der Waals surface area (Å²) in [7, 11) is 0. The van der Waals surface area contributed by atoms with Gasteiger partial charge in [-0.2, -0.15) is 0 Å². The summed E-state index contributed by atoms with van der Waals surface area (Å²) in [6, 6.07) is 3.47. The van der Waals surface area contributed by atoms with Gasteiger partial charge in [-0.3, -0.25) is 9.78 Å². The molecule has 1 N–H and O–H groups in total. The van der Waals surface area contributed by atoms with Crippen LogP contribution in [0.3, 0.4) is 0 Å². The number of carboxylic acids is 1. The van der Waals surface area contributed by atoms with Crippen LogP contribution in [-0.4, -0.2) is 33.4 Å². The van der Waals surface area contributed by atoms with E-state index in [1.165, 1.54) is 22.7 Å². The van der Waals surface area contributed by atoms with Crippen molar-refractivity contribution in [1.29, 1.82) is 0 Å². The first-order valence-corrected chi connectivity index (χ1v) is 7.94. The summed E-state index contributed by atoms with van der Waals surface area (Å²) in [4.78, 5) is 31.1. The van der Waals surface area contributed by atoms with Gasteiger partial charge < -0.3 is 10.0 Å². The van der Waals surface area contributed by atoms with E-state index in [4.69, 9.17) is 5.11 Å². The van der Waals surface area contributed by atoms with E-state index >= 15 is 0 Å². The monoisotopic (exact) mass is 316 g/mol. The molecule has 5 nitrogen and oxygen atoms in total. The minimum absolute atomic E-state index is 0.00427. The van der Waals surface area contributed by atoms with Gasteiger partial charge in [-0.1, -0.05) is 0 Å². The highest BCUT2D eigenvalue weighted by atomic mass is 32.1. The molecule has 3 rings (SSSR count). The van der Waals surface area contributed by atoms with E-state index in [1.54, 1.807) is 23.2 Å². The first-order valence-electron chi connectivity index (χ1n) is 7.06. The fraction of sp³-hybridized carbons (Fsp3) is 0.312. The molecule has 1 amide bonds. The lowest BCUT2D eigenvalue weighted by atomic mass is 9.99. The van der Waals surface area contributed by atoms with Crippen LogP contribution in [-0.2, 0) is 6.42 Å². The number of fused-ring (bicyclic) bond motifs is 1. The summed E-state index contributed by atoms with van der Waals surface area (Å²) in [5, 5.41) is 11.1. The number of rotatable bonds is 2. The number of carbonyl (C=O) groups is 2. The van der Waals surface area contributed by atoms with E-state index in [0.717, 1.165) is 6.42 Å². The molecule has 1 unspecified atom stereocenters. The fourth-order valence-corrected chi connectivity index (χ4v) is 3.77. The van der Waals surface area contributed by atoms with Crippen LogP contribution in [0.1, 0.15) is 49.8 Å². The molecule has 0 spiro atoms. The number of hydrogen-bond acceptors (Lipinski definition) is 4. The van der Waals surface area contributed by atoms with Crippen LogP contribution in [0.4, 0.5) is 0 Å². The molecule has 1 atom stereocenters. The van der Waals surface area contributed by atoms with Gasteiger partial charge >= 0.3 is 5.97 Å². The van der Waals surface area contributed by atoms with Gasteiger partial charge in [0.15, 0.2) is 0 Å². The van der Waals surface area contributed by atoms with Gasteiger partial charge in [-0.05, 0) is 43.3 Å². The lowest BCUT2D eigenvalue weighted by Gasteiger charge is -2.34. The molecular formula is C16H16N2O3S. The molecular weight excluding hydrogens is 300 g/mol. The SMILES string of the molecule is Cc1ncc(C(=O)O)cc1C(=O)N1CCc2sccc2C1C. The van der Waals surface area contributed by atoms with Crippen LogP contribution in [0.5, 0.6) is 0 Å². The van der Waals surface area contributed by atoms with Gasteiger partial charge in [0, 0.05) is 17.6 Å². The number of pyridine rings is 1. The van der Waals surface area contributed by atoms with E-state index in [1.807, 2.05) is 12.3 Å². The van der Waals surface area contributed by atoms with Crippen molar-refractivity contribution in [2.24, 2.45) is 0 Å². The largest absolute Gasteiger partial charge is 0.478 e. The summed E-state index contributed by atoms with van der Waals surface area (Å²) < 4.78 is 0. The van der Waals surface area contributed by atoms with Crippen molar-refractivity contribution >= 4 is 23.2 Å². The Kier molecular flexibility index (Phi) is 3.70. The van der Waals surface area contributed by atoms with E-state index < -0.39 is 5.97 Å². The van der Waals surface area contributed by atoms with Gasteiger partial charge in [-0.25, -0.2) is 4.79 Å². The molecule has 2 aromatic heterocycles. The lowest BCUT2D eigenvalue weighted by Crippen LogP contribution is -2.38. The number of aromatic carboxylic acids is 1. The number of aryl methyl sites for hydroxylation is 1. The van der Waals surface area contributed by atoms with Crippen molar-refractivity contribution in [1.82, 2.24) is 9.88 Å². The molecule has 3 heterocycles. The summed E-state index contributed by atoms with van der Waals surface area (Å²) in [5.41, 5.74) is 2.14. The highest BCUT2D eigenvalue weighted by Crippen LogP contribution is 2.33. The topological polar surface area (TPSA) is 70.5 Å². The maximum Gasteiger partial charge on any atom is 0.337 e. The van der Waals surface area contributed by atoms with Crippen molar-refractivity contribution in [3.05, 3.63) is 51.0 Å². The summed E-state index contributed by atoms with van der Waals surface area (Å²) >= 11 is 1.72. The molecule has 0 radical (unpaired) electrons. The smallest absolute Gasteiger partial charge is 0.337 e. The Balaban J connectivity index is 1.95. The molecule has 6 heteroatoms. The molecule has 2 aromatic rings. The molecule has 1 aliphatic heterocycles. The first-order chi connectivity index (χ1) is 10.5. The number of thiophene rings is 1. The Labute approximate surface area is 132 Å². The lowest BCUT2D eigenvalue weighted by molar-refractivity contribution is 0.0678. The Morgan fingerprint density at radius 2 is 2.23 bits per heavy atom. The minimum atomic E-state index is -1.08. The number of carbonyl (C=O) groups excluding carboxylic acids is 1. The standard InChI is InChI=1S/C16H16N2O3S/c1-9-13(7-11(8-17-9)16(20)21)15(19)18-5-3-14-12(10(18)2)4-6-22-14/h4,6-8,10H,3,5H2,1-2H3,(H,20,21). The molecule has 0 fully saturated rings. The molecule has 0 saturated carbocycles. The Morgan fingerprint density at radius 1 is 1.45 bits per heavy atom. The van der Waals surface area contributed by atoms with E-state index in [2.05, 4.69) is 11.1 Å². The molecule has 0 aliphatic carbocycles. The number of aromatic nitrogens is 1. The average molecular weight is 316 g/mol. The molecule has 1 aliphatic rings. The predicted octanol–water partition coefficient (Wildman–Crippen LogP) is 2.91. The third kappa shape index (κ3) is 2.39. The van der Waals surface area contributed by atoms with E-state index in [-0.39, 0.29) is 17.5 Å². The summed E-state index contributed by atoms with van der Waals surface area (Å²) in [6.07, 6.45) is 2.12. The van der Waals surface area contributed by atoms with Crippen molar-refractivity contribution in [3.63, 3.8) is 0 Å². The second kappa shape index (κ2) is 5.53. The normalized spacial score (nSPS) is 17.2. The number of hydrogen-bond donors (Lipinski definition) is 1. The van der Waals surface area contributed by atoms with Gasteiger partial charge in [0.05, 0.1) is 22.9 Å². The van der Waals surface area contributed by atoms with E-state index in [9.17, 15) is 9.59 Å². The molecule has 114 valence electrons. The van der Waals surface area contributed by atoms with Crippen LogP contribution < -0.4 is 0 Å². The predicted molar refractivity (Wildman–Crippen MR) is 83.4 cm³/mol. The Morgan fingerprint density at radius 3 is 2.95 bits per heavy atom. The highest BCUT2D eigenvalue weighted by molar-refractivity contribution is 7.10. The minimum Gasteiger partial charge on any atom is -0.478 e. The van der Waals surface area contributed by atoms with Gasteiger partial charge in [0.2, 0.25) is 0 Å². The highest BCUT2D eigenvalue weighted by Gasteiger charge is 2.30. The maximum atomic E-state index is 12.8. The van der Waals surface area contributed by atoms with Crippen molar-refractivity contribution in [2.75, 3.05) is 6.54 Å². The maximum absolute atomic E-state index is 12.8. The van der Waals surface area contributed by atoms with Crippen molar-refractivity contribution in [2.45, 2.75) is 26.3 Å². The van der Waals surface area contributed by atoms with Gasteiger partial charge in [0.25, 0.3) is 5.91 Å². The van der Waals surface area contributed by atoms with Crippen LogP contribution in [0.2, 0.25) is 0 Å². The van der Waals surface area contributed by atoms with E-state index in [0.29, 0.717) is 17.8 Å². The molecule has 0 bridgehead atoms. The van der Waals surface area contributed by atoms with Gasteiger partial charge in [0.1, 0.15) is 0 Å². The number of carboxylic acid groups (broad SMARTS) is 1. The number of amides is 1. The third-order valence-corrected chi connectivity index (χ3v) is 5.10. The third-order valence-electron chi connectivity index (χ3n) is 4.10. The van der Waals surface area contributed by atoms with Crippen molar-refractivity contribution in [3.8, 4) is 0 Å². The van der Waals surface area contributed by atoms with Crippen LogP contribution in [0.15, 0.2) is 23.7 Å². The first kappa shape index (κ1) is 14.7. The second-order valence-electron chi connectivity index (χ2n) is 5.39. The zero-order valence-electron chi connectivity index (χ0n) is 12.4. The zero-order chi connectivity index (χ0) is 15.9.